The Kier molecular flexibility index (Phi) is 4.81. The van der Waals surface area contributed by atoms with Gasteiger partial charge in [-0.25, -0.2) is 4.98 Å². The number of hydrogen-bond donors (Lipinski definition) is 0. The fraction of sp³-hybridized carbons (Fsp3) is 0.353. The van der Waals surface area contributed by atoms with Gasteiger partial charge in [0.05, 0.1) is 6.61 Å². The Bertz CT molecular complexity index is 798. The van der Waals surface area contributed by atoms with Gasteiger partial charge in [0.2, 0.25) is 0 Å². The van der Waals surface area contributed by atoms with Gasteiger partial charge in [0.15, 0.2) is 5.16 Å². The second-order valence-corrected chi connectivity index (χ2v) is 6.41. The lowest BCUT2D eigenvalue weighted by Gasteiger charge is -2.07. The molecule has 5 nitrogen and oxygen atoms in total. The van der Waals surface area contributed by atoms with Crippen molar-refractivity contribution in [3.8, 4) is 5.75 Å². The highest BCUT2D eigenvalue weighted by Crippen LogP contribution is 2.19. The number of benzene rings is 1. The van der Waals surface area contributed by atoms with Gasteiger partial charge < -0.3 is 4.74 Å². The van der Waals surface area contributed by atoms with E-state index in [0.29, 0.717) is 12.4 Å². The Balaban J connectivity index is 1.58. The largest absolute Gasteiger partial charge is 0.493 e. The van der Waals surface area contributed by atoms with Gasteiger partial charge in [0.1, 0.15) is 5.75 Å². The van der Waals surface area contributed by atoms with E-state index in [1.807, 2.05) is 36.4 Å². The summed E-state index contributed by atoms with van der Waals surface area (Å²) in [6.45, 7) is 6.78. The summed E-state index contributed by atoms with van der Waals surface area (Å²) in [5, 5.41) is 9.22. The lowest BCUT2D eigenvalue weighted by Crippen LogP contribution is -2.02. The van der Waals surface area contributed by atoms with Crippen LogP contribution in [0, 0.1) is 13.8 Å². The van der Waals surface area contributed by atoms with Crippen LogP contribution >= 0.6 is 11.8 Å². The van der Waals surface area contributed by atoms with Crippen molar-refractivity contribution in [1.29, 1.82) is 0 Å². The maximum Gasteiger partial charge on any atom is 0.256 e. The van der Waals surface area contributed by atoms with Gasteiger partial charge in [-0.05, 0) is 44.0 Å². The van der Waals surface area contributed by atoms with Crippen LogP contribution in [0.25, 0.3) is 5.78 Å². The molecule has 0 bridgehead atoms. The van der Waals surface area contributed by atoms with Crippen LogP contribution in [0.2, 0.25) is 0 Å². The molecule has 3 aromatic rings. The summed E-state index contributed by atoms with van der Waals surface area (Å²) >= 11 is 1.63. The molecular weight excluding hydrogens is 308 g/mol. The van der Waals surface area contributed by atoms with Crippen molar-refractivity contribution < 1.29 is 4.74 Å². The van der Waals surface area contributed by atoms with E-state index in [-0.39, 0.29) is 0 Å². The molecule has 0 aliphatic heterocycles. The normalized spacial score (nSPS) is 11.1. The summed E-state index contributed by atoms with van der Waals surface area (Å²) in [6, 6.07) is 10.3. The van der Waals surface area contributed by atoms with Crippen LogP contribution in [-0.2, 0) is 6.42 Å². The van der Waals surface area contributed by atoms with Gasteiger partial charge in [-0.1, -0.05) is 30.8 Å². The van der Waals surface area contributed by atoms with Gasteiger partial charge in [0, 0.05) is 17.1 Å². The lowest BCUT2D eigenvalue weighted by atomic mass is 10.2. The minimum Gasteiger partial charge on any atom is -0.493 e. The molecule has 0 saturated heterocycles. The Morgan fingerprint density at radius 3 is 2.65 bits per heavy atom. The molecule has 3 rings (SSSR count). The third-order valence-corrected chi connectivity index (χ3v) is 4.47. The molecule has 0 radical (unpaired) electrons. The van der Waals surface area contributed by atoms with Gasteiger partial charge >= 0.3 is 0 Å². The second-order valence-electron chi connectivity index (χ2n) is 5.35. The molecule has 0 unspecified atom stereocenters. The van der Waals surface area contributed by atoms with Crippen LogP contribution in [0.15, 0.2) is 35.5 Å². The standard InChI is InChI=1S/C17H20N4OS/c1-4-14-5-7-15(8-6-14)22-9-10-23-17-20-19-16-18-12(2)11-13(3)21(16)17/h5-8,11H,4,9-10H2,1-3H3. The fourth-order valence-electron chi connectivity index (χ4n) is 2.41. The fourth-order valence-corrected chi connectivity index (χ4v) is 3.21. The van der Waals surface area contributed by atoms with E-state index in [2.05, 4.69) is 34.2 Å². The van der Waals surface area contributed by atoms with Crippen LogP contribution in [0.3, 0.4) is 0 Å². The molecule has 0 N–H and O–H groups in total. The predicted octanol–water partition coefficient (Wildman–Crippen LogP) is 3.47. The average Bonchev–Trinajstić information content (AvgIpc) is 2.95. The van der Waals surface area contributed by atoms with Crippen molar-refractivity contribution in [3.05, 3.63) is 47.3 Å². The highest BCUT2D eigenvalue weighted by molar-refractivity contribution is 7.99. The monoisotopic (exact) mass is 328 g/mol. The van der Waals surface area contributed by atoms with Crippen LogP contribution in [0.1, 0.15) is 23.9 Å². The summed E-state index contributed by atoms with van der Waals surface area (Å²) in [4.78, 5) is 4.39. The maximum absolute atomic E-state index is 5.77. The first-order valence-corrected chi connectivity index (χ1v) is 8.70. The van der Waals surface area contributed by atoms with Crippen molar-refractivity contribution in [2.45, 2.75) is 32.3 Å². The molecule has 0 aliphatic carbocycles. The van der Waals surface area contributed by atoms with Crippen molar-refractivity contribution in [1.82, 2.24) is 19.6 Å². The predicted molar refractivity (Wildman–Crippen MR) is 92.3 cm³/mol. The highest BCUT2D eigenvalue weighted by Gasteiger charge is 2.10. The van der Waals surface area contributed by atoms with Crippen LogP contribution in [-0.4, -0.2) is 31.9 Å². The van der Waals surface area contributed by atoms with E-state index in [1.54, 1.807) is 11.8 Å². The summed E-state index contributed by atoms with van der Waals surface area (Å²) in [5.41, 5.74) is 3.37. The number of fused-ring (bicyclic) bond motifs is 1. The van der Waals surface area contributed by atoms with Crippen LogP contribution in [0.4, 0.5) is 0 Å². The SMILES string of the molecule is CCc1ccc(OCCSc2nnc3nc(C)cc(C)n23)cc1. The van der Waals surface area contributed by atoms with E-state index >= 15 is 0 Å². The molecule has 0 spiro atoms. The van der Waals surface area contributed by atoms with Crippen molar-refractivity contribution >= 4 is 17.5 Å². The molecule has 0 atom stereocenters. The molecule has 0 amide bonds. The van der Waals surface area contributed by atoms with E-state index in [1.165, 1.54) is 5.56 Å². The Hall–Kier alpha value is -2.08. The maximum atomic E-state index is 5.77. The molecule has 1 aromatic carbocycles. The number of ether oxygens (including phenoxy) is 1. The Labute approximate surface area is 140 Å². The van der Waals surface area contributed by atoms with E-state index < -0.39 is 0 Å². The van der Waals surface area contributed by atoms with Gasteiger partial charge in [-0.2, -0.15) is 0 Å². The molecule has 0 saturated carbocycles. The first kappa shape index (κ1) is 15.8. The van der Waals surface area contributed by atoms with Gasteiger partial charge in [-0.3, -0.25) is 4.40 Å². The third-order valence-electron chi connectivity index (χ3n) is 3.58. The zero-order chi connectivity index (χ0) is 16.2. The minimum absolute atomic E-state index is 0.628. The zero-order valence-corrected chi connectivity index (χ0v) is 14.4. The van der Waals surface area contributed by atoms with E-state index in [4.69, 9.17) is 4.74 Å². The van der Waals surface area contributed by atoms with E-state index in [0.717, 1.165) is 34.5 Å². The van der Waals surface area contributed by atoms with Gasteiger partial charge in [0.25, 0.3) is 5.78 Å². The van der Waals surface area contributed by atoms with Crippen LogP contribution < -0.4 is 4.74 Å². The lowest BCUT2D eigenvalue weighted by molar-refractivity contribution is 0.344. The molecular formula is C17H20N4OS. The number of hydrogen-bond acceptors (Lipinski definition) is 5. The number of aromatic nitrogens is 4. The quantitative estimate of drug-likeness (QED) is 0.512. The van der Waals surface area contributed by atoms with Crippen LogP contribution in [0.5, 0.6) is 5.75 Å². The number of thioether (sulfide) groups is 1. The molecule has 23 heavy (non-hydrogen) atoms. The number of rotatable bonds is 6. The molecule has 2 aromatic heterocycles. The highest BCUT2D eigenvalue weighted by atomic mass is 32.2. The van der Waals surface area contributed by atoms with Crippen molar-refractivity contribution in [2.75, 3.05) is 12.4 Å². The Morgan fingerprint density at radius 1 is 1.13 bits per heavy atom. The molecule has 6 heteroatoms. The summed E-state index contributed by atoms with van der Waals surface area (Å²) in [5.74, 6) is 2.37. The summed E-state index contributed by atoms with van der Waals surface area (Å²) < 4.78 is 7.75. The van der Waals surface area contributed by atoms with Gasteiger partial charge in [-0.15, -0.1) is 10.2 Å². The first-order chi connectivity index (χ1) is 11.2. The average molecular weight is 328 g/mol. The first-order valence-electron chi connectivity index (χ1n) is 7.71. The number of aryl methyl sites for hydroxylation is 3. The summed E-state index contributed by atoms with van der Waals surface area (Å²) in [6.07, 6.45) is 1.04. The molecule has 0 aliphatic rings. The topological polar surface area (TPSA) is 52.3 Å². The zero-order valence-electron chi connectivity index (χ0n) is 13.6. The molecule has 120 valence electrons. The van der Waals surface area contributed by atoms with E-state index in [9.17, 15) is 0 Å². The minimum atomic E-state index is 0.628. The number of nitrogens with zero attached hydrogens (tertiary/aromatic N) is 4. The van der Waals surface area contributed by atoms with Crippen molar-refractivity contribution in [2.24, 2.45) is 0 Å². The Morgan fingerprint density at radius 2 is 1.91 bits per heavy atom. The summed E-state index contributed by atoms with van der Waals surface area (Å²) in [7, 11) is 0. The third kappa shape index (κ3) is 3.64. The molecule has 0 fully saturated rings. The smallest absolute Gasteiger partial charge is 0.256 e. The molecule has 2 heterocycles. The second kappa shape index (κ2) is 7.00. The van der Waals surface area contributed by atoms with Crippen molar-refractivity contribution in [3.63, 3.8) is 0 Å².